The van der Waals surface area contributed by atoms with Crippen molar-refractivity contribution >= 4 is 12.1 Å². The Bertz CT molecular complexity index is 684. The van der Waals surface area contributed by atoms with Crippen LogP contribution >= 0.6 is 0 Å². The van der Waals surface area contributed by atoms with Gasteiger partial charge in [0, 0.05) is 19.7 Å². The second-order valence-electron chi connectivity index (χ2n) is 8.06. The molecule has 0 aromatic heterocycles. The Morgan fingerprint density at radius 2 is 1.87 bits per heavy atom. The number of ether oxygens (including phenoxy) is 3. The third-order valence-electron chi connectivity index (χ3n) is 5.54. The lowest BCUT2D eigenvalue weighted by Crippen LogP contribution is -2.34. The maximum atomic E-state index is 12.0. The fourth-order valence-electron chi connectivity index (χ4n) is 3.70. The summed E-state index contributed by atoms with van der Waals surface area (Å²) in [6.45, 7) is 7.16. The fourth-order valence-corrected chi connectivity index (χ4v) is 3.70. The Morgan fingerprint density at radius 3 is 2.52 bits per heavy atom. The molecule has 0 spiro atoms. The number of amides is 1. The van der Waals surface area contributed by atoms with E-state index in [0.29, 0.717) is 29.9 Å². The van der Waals surface area contributed by atoms with Crippen LogP contribution in [-0.4, -0.2) is 63.5 Å². The quantitative estimate of drug-likeness (QED) is 0.305. The first kappa shape index (κ1) is 24.9. The molecule has 7 heteroatoms. The predicted molar refractivity (Wildman–Crippen MR) is 120 cm³/mol. The number of methoxy groups -OCH3 is 1. The first-order valence-electron chi connectivity index (χ1n) is 11.1. The van der Waals surface area contributed by atoms with Gasteiger partial charge in [0.05, 0.1) is 18.8 Å². The third kappa shape index (κ3) is 9.53. The van der Waals surface area contributed by atoms with Crippen LogP contribution in [0.2, 0.25) is 0 Å². The van der Waals surface area contributed by atoms with Crippen LogP contribution in [0.25, 0.3) is 0 Å². The number of nitrogens with one attached hydrogen (secondary N) is 1. The van der Waals surface area contributed by atoms with Crippen molar-refractivity contribution in [3.8, 4) is 5.75 Å². The lowest BCUT2D eigenvalue weighted by molar-refractivity contribution is 0.0160. The molecule has 172 valence electrons. The number of nitrogens with zero attached hydrogens (tertiary/aromatic N) is 1. The monoisotopic (exact) mass is 432 g/mol. The number of unbranched alkanes of at least 4 members (excludes halogenated alkanes) is 1. The Hall–Kier alpha value is -2.38. The van der Waals surface area contributed by atoms with Crippen molar-refractivity contribution in [2.45, 2.75) is 44.6 Å². The zero-order chi connectivity index (χ0) is 22.5. The van der Waals surface area contributed by atoms with Gasteiger partial charge in [-0.15, -0.1) is 6.58 Å². The van der Waals surface area contributed by atoms with E-state index in [0.717, 1.165) is 58.2 Å². The van der Waals surface area contributed by atoms with Crippen molar-refractivity contribution in [3.05, 3.63) is 42.5 Å². The number of carbonyl (C=O) groups excluding carboxylic acids is 2. The summed E-state index contributed by atoms with van der Waals surface area (Å²) >= 11 is 0. The lowest BCUT2D eigenvalue weighted by Gasteiger charge is -2.28. The molecule has 0 unspecified atom stereocenters. The van der Waals surface area contributed by atoms with Gasteiger partial charge >= 0.3 is 12.1 Å². The van der Waals surface area contributed by atoms with E-state index in [1.54, 1.807) is 24.3 Å². The van der Waals surface area contributed by atoms with Gasteiger partial charge < -0.3 is 24.4 Å². The van der Waals surface area contributed by atoms with Gasteiger partial charge in [0.2, 0.25) is 0 Å². The molecule has 1 amide bonds. The predicted octanol–water partition coefficient (Wildman–Crippen LogP) is 4.04. The summed E-state index contributed by atoms with van der Waals surface area (Å²) < 4.78 is 15.9. The van der Waals surface area contributed by atoms with Gasteiger partial charge in [-0.05, 0) is 82.3 Å². The highest BCUT2D eigenvalue weighted by Gasteiger charge is 2.22. The van der Waals surface area contributed by atoms with E-state index in [4.69, 9.17) is 9.47 Å². The van der Waals surface area contributed by atoms with E-state index in [9.17, 15) is 9.59 Å². The smallest absolute Gasteiger partial charge is 0.412 e. The average Bonchev–Trinajstić information content (AvgIpc) is 2.78. The number of carbonyl (C=O) groups is 2. The summed E-state index contributed by atoms with van der Waals surface area (Å²) in [5, 5.41) is 2.84. The Balaban J connectivity index is 1.55. The van der Waals surface area contributed by atoms with Gasteiger partial charge in [0.1, 0.15) is 5.75 Å². The number of hydrogen-bond donors (Lipinski definition) is 1. The zero-order valence-corrected chi connectivity index (χ0v) is 18.8. The summed E-state index contributed by atoms with van der Waals surface area (Å²) in [7, 11) is 3.43. The molecule has 0 aliphatic heterocycles. The van der Waals surface area contributed by atoms with Crippen LogP contribution in [0.4, 0.5) is 4.79 Å². The van der Waals surface area contributed by atoms with Crippen molar-refractivity contribution in [1.29, 1.82) is 0 Å². The molecule has 0 heterocycles. The van der Waals surface area contributed by atoms with E-state index in [1.165, 1.54) is 7.11 Å². The molecule has 1 aliphatic rings. The van der Waals surface area contributed by atoms with Gasteiger partial charge in [-0.2, -0.15) is 0 Å². The molecule has 1 N–H and O–H groups in total. The topological polar surface area (TPSA) is 77.1 Å². The van der Waals surface area contributed by atoms with Crippen LogP contribution in [0.3, 0.4) is 0 Å². The molecule has 1 fully saturated rings. The third-order valence-corrected chi connectivity index (χ3v) is 5.54. The van der Waals surface area contributed by atoms with Crippen molar-refractivity contribution < 1.29 is 23.8 Å². The summed E-state index contributed by atoms with van der Waals surface area (Å²) in [5.41, 5.74) is 0.411. The zero-order valence-electron chi connectivity index (χ0n) is 18.8. The molecular formula is C24H36N2O5. The minimum atomic E-state index is -0.481. The first-order chi connectivity index (χ1) is 15.0. The normalized spacial score (nSPS) is 18.4. The lowest BCUT2D eigenvalue weighted by atomic mass is 9.87. The van der Waals surface area contributed by atoms with Crippen LogP contribution in [-0.2, 0) is 9.47 Å². The first-order valence-corrected chi connectivity index (χ1v) is 11.1. The molecule has 1 aromatic rings. The van der Waals surface area contributed by atoms with Gasteiger partial charge in [0.25, 0.3) is 0 Å². The van der Waals surface area contributed by atoms with Crippen LogP contribution in [0, 0.1) is 5.92 Å². The van der Waals surface area contributed by atoms with Crippen LogP contribution < -0.4 is 10.1 Å². The van der Waals surface area contributed by atoms with E-state index >= 15 is 0 Å². The van der Waals surface area contributed by atoms with Crippen LogP contribution in [0.1, 0.15) is 48.9 Å². The molecule has 7 nitrogen and oxygen atoms in total. The summed E-state index contributed by atoms with van der Waals surface area (Å²) in [4.78, 5) is 25.7. The second kappa shape index (κ2) is 13.8. The highest BCUT2D eigenvalue weighted by Crippen LogP contribution is 2.26. The molecule has 1 aromatic carbocycles. The van der Waals surface area contributed by atoms with E-state index < -0.39 is 12.1 Å². The molecule has 0 bridgehead atoms. The summed E-state index contributed by atoms with van der Waals surface area (Å²) in [6.07, 6.45) is 8.15. The maximum Gasteiger partial charge on any atom is 0.412 e. The van der Waals surface area contributed by atoms with E-state index in [1.807, 2.05) is 6.08 Å². The fraction of sp³-hybridized carbons (Fsp3) is 0.583. The van der Waals surface area contributed by atoms with Crippen molar-refractivity contribution in [2.75, 3.05) is 40.4 Å². The summed E-state index contributed by atoms with van der Waals surface area (Å²) in [5.74, 6) is 0.409. The standard InChI is InChI=1S/C24H36N2O5/c1-4-15-26(2)16-5-6-17-30-21-11-7-19(8-12-21)18-25-24(28)31-22-13-9-20(10-14-22)23(27)29-3/h4,9-10,13-14,19,21H,1,5-8,11-12,15-18H2,2-3H3,(H,25,28). The molecule has 0 saturated heterocycles. The van der Waals surface area contributed by atoms with Crippen molar-refractivity contribution in [2.24, 2.45) is 5.92 Å². The molecule has 1 aliphatic carbocycles. The molecule has 31 heavy (non-hydrogen) atoms. The minimum Gasteiger partial charge on any atom is -0.465 e. The highest BCUT2D eigenvalue weighted by molar-refractivity contribution is 5.89. The average molecular weight is 433 g/mol. The summed E-state index contributed by atoms with van der Waals surface area (Å²) in [6, 6.07) is 6.28. The SMILES string of the molecule is C=CCN(C)CCCCOC1CCC(CNC(=O)Oc2ccc(C(=O)OC)cc2)CC1. The van der Waals surface area contributed by atoms with Crippen LogP contribution in [0.5, 0.6) is 5.75 Å². The van der Waals surface area contributed by atoms with Crippen molar-refractivity contribution in [1.82, 2.24) is 10.2 Å². The van der Waals surface area contributed by atoms with Gasteiger partial charge in [-0.1, -0.05) is 6.08 Å². The van der Waals surface area contributed by atoms with Crippen molar-refractivity contribution in [3.63, 3.8) is 0 Å². The van der Waals surface area contributed by atoms with Gasteiger partial charge in [-0.25, -0.2) is 9.59 Å². The number of benzene rings is 1. The number of rotatable bonds is 12. The maximum absolute atomic E-state index is 12.0. The molecule has 1 saturated carbocycles. The molecule has 0 radical (unpaired) electrons. The van der Waals surface area contributed by atoms with Gasteiger partial charge in [-0.3, -0.25) is 0 Å². The number of esters is 1. The second-order valence-corrected chi connectivity index (χ2v) is 8.06. The number of hydrogen-bond acceptors (Lipinski definition) is 6. The Kier molecular flexibility index (Phi) is 11.1. The van der Waals surface area contributed by atoms with Crippen LogP contribution in [0.15, 0.2) is 36.9 Å². The van der Waals surface area contributed by atoms with Gasteiger partial charge in [0.15, 0.2) is 0 Å². The number of likely N-dealkylation sites (N-methyl/N-ethyl adjacent to an activating group) is 1. The molecular weight excluding hydrogens is 396 g/mol. The van der Waals surface area contributed by atoms with E-state index in [2.05, 4.69) is 28.6 Å². The minimum absolute atomic E-state index is 0.336. The highest BCUT2D eigenvalue weighted by atomic mass is 16.6. The molecule has 0 atom stereocenters. The Morgan fingerprint density at radius 1 is 1.16 bits per heavy atom. The molecule has 2 rings (SSSR count). The Labute approximate surface area is 185 Å². The van der Waals surface area contributed by atoms with E-state index in [-0.39, 0.29) is 0 Å². The largest absolute Gasteiger partial charge is 0.465 e.